The van der Waals surface area contributed by atoms with E-state index in [0.717, 1.165) is 29.9 Å². The topological polar surface area (TPSA) is 63.2 Å². The molecule has 2 amide bonds. The molecule has 2 heterocycles. The molecular formula is C17H20FN3O2S. The highest BCUT2D eigenvalue weighted by atomic mass is 32.1. The first-order valence-corrected chi connectivity index (χ1v) is 8.78. The standard InChI is InChI=1S/C17H20FN3O2S/c1-11-4-5-12(8-15(11)18)7-14-10-20-17(24-14)21-16(22)19-9-13-3-2-6-23-13/h4-5,8,10,13H,2-3,6-7,9H2,1H3,(H2,19,20,21,22). The number of halogens is 1. The second-order valence-electron chi connectivity index (χ2n) is 5.86. The summed E-state index contributed by atoms with van der Waals surface area (Å²) in [6, 6.07) is 4.92. The number of nitrogens with one attached hydrogen (secondary N) is 2. The Kier molecular flexibility index (Phi) is 5.42. The van der Waals surface area contributed by atoms with Gasteiger partial charge in [0.05, 0.1) is 6.10 Å². The van der Waals surface area contributed by atoms with Crippen molar-refractivity contribution >= 4 is 22.5 Å². The highest BCUT2D eigenvalue weighted by molar-refractivity contribution is 7.15. The van der Waals surface area contributed by atoms with Crippen LogP contribution in [-0.4, -0.2) is 30.3 Å². The van der Waals surface area contributed by atoms with E-state index < -0.39 is 0 Å². The van der Waals surface area contributed by atoms with E-state index >= 15 is 0 Å². The van der Waals surface area contributed by atoms with Crippen molar-refractivity contribution in [2.75, 3.05) is 18.5 Å². The van der Waals surface area contributed by atoms with E-state index in [-0.39, 0.29) is 18.0 Å². The molecule has 24 heavy (non-hydrogen) atoms. The van der Waals surface area contributed by atoms with Crippen LogP contribution in [0.5, 0.6) is 0 Å². The maximum Gasteiger partial charge on any atom is 0.321 e. The lowest BCUT2D eigenvalue weighted by Gasteiger charge is -2.10. The molecule has 1 fully saturated rings. The zero-order chi connectivity index (χ0) is 16.9. The minimum atomic E-state index is -0.284. The molecule has 1 aliphatic heterocycles. The predicted octanol–water partition coefficient (Wildman–Crippen LogP) is 3.48. The van der Waals surface area contributed by atoms with Gasteiger partial charge in [0.15, 0.2) is 5.13 Å². The monoisotopic (exact) mass is 349 g/mol. The van der Waals surface area contributed by atoms with Crippen LogP contribution in [0.4, 0.5) is 14.3 Å². The Morgan fingerprint density at radius 2 is 2.38 bits per heavy atom. The van der Waals surface area contributed by atoms with Gasteiger partial charge in [-0.05, 0) is 37.0 Å². The summed E-state index contributed by atoms with van der Waals surface area (Å²) in [7, 11) is 0. The minimum Gasteiger partial charge on any atom is -0.376 e. The average molecular weight is 349 g/mol. The summed E-state index contributed by atoms with van der Waals surface area (Å²) in [6.45, 7) is 3.01. The molecule has 2 N–H and O–H groups in total. The van der Waals surface area contributed by atoms with Gasteiger partial charge in [-0.2, -0.15) is 0 Å². The van der Waals surface area contributed by atoms with E-state index in [2.05, 4.69) is 15.6 Å². The summed E-state index contributed by atoms with van der Waals surface area (Å²) in [5.41, 5.74) is 1.52. The van der Waals surface area contributed by atoms with Crippen LogP contribution >= 0.6 is 11.3 Å². The van der Waals surface area contributed by atoms with Crippen molar-refractivity contribution in [3.05, 3.63) is 46.2 Å². The number of benzene rings is 1. The van der Waals surface area contributed by atoms with E-state index in [1.807, 2.05) is 6.07 Å². The highest BCUT2D eigenvalue weighted by Gasteiger charge is 2.16. The number of aryl methyl sites for hydroxylation is 1. The molecule has 0 aliphatic carbocycles. The normalized spacial score (nSPS) is 17.0. The lowest BCUT2D eigenvalue weighted by molar-refractivity contribution is 0.112. The second-order valence-corrected chi connectivity index (χ2v) is 6.98. The van der Waals surface area contributed by atoms with Crippen LogP contribution in [0.2, 0.25) is 0 Å². The van der Waals surface area contributed by atoms with Crippen LogP contribution in [0.25, 0.3) is 0 Å². The molecule has 5 nitrogen and oxygen atoms in total. The summed E-state index contributed by atoms with van der Waals surface area (Å²) in [5.74, 6) is -0.205. The van der Waals surface area contributed by atoms with Gasteiger partial charge in [0, 0.05) is 30.6 Å². The number of thiazole rings is 1. The molecule has 0 radical (unpaired) electrons. The van der Waals surface area contributed by atoms with Crippen LogP contribution in [0.15, 0.2) is 24.4 Å². The van der Waals surface area contributed by atoms with Crippen molar-refractivity contribution in [2.45, 2.75) is 32.3 Å². The van der Waals surface area contributed by atoms with Crippen LogP contribution in [0.1, 0.15) is 28.8 Å². The van der Waals surface area contributed by atoms with E-state index in [1.54, 1.807) is 19.2 Å². The number of carbonyl (C=O) groups is 1. The number of ether oxygens (including phenoxy) is 1. The number of amides is 2. The quantitative estimate of drug-likeness (QED) is 0.869. The summed E-state index contributed by atoms with van der Waals surface area (Å²) in [5, 5.41) is 6.04. The Morgan fingerprint density at radius 3 is 3.12 bits per heavy atom. The number of rotatable bonds is 5. The molecule has 1 saturated heterocycles. The van der Waals surface area contributed by atoms with E-state index in [1.165, 1.54) is 17.4 Å². The van der Waals surface area contributed by atoms with Crippen molar-refractivity contribution in [3.8, 4) is 0 Å². The number of aromatic nitrogens is 1. The van der Waals surface area contributed by atoms with Gasteiger partial charge in [0.1, 0.15) is 5.82 Å². The molecule has 1 aromatic carbocycles. The summed E-state index contributed by atoms with van der Waals surface area (Å²) < 4.78 is 19.0. The van der Waals surface area contributed by atoms with E-state index in [0.29, 0.717) is 23.7 Å². The first-order chi connectivity index (χ1) is 11.6. The summed E-state index contributed by atoms with van der Waals surface area (Å²) in [4.78, 5) is 17.0. The third-order valence-electron chi connectivity index (χ3n) is 3.90. The van der Waals surface area contributed by atoms with E-state index in [9.17, 15) is 9.18 Å². The predicted molar refractivity (Wildman–Crippen MR) is 92.1 cm³/mol. The molecule has 3 rings (SSSR count). The van der Waals surface area contributed by atoms with Gasteiger partial charge in [-0.25, -0.2) is 14.2 Å². The number of hydrogen-bond donors (Lipinski definition) is 2. The second kappa shape index (κ2) is 7.72. The molecular weight excluding hydrogens is 329 g/mol. The van der Waals surface area contributed by atoms with Gasteiger partial charge in [-0.15, -0.1) is 11.3 Å². The average Bonchev–Trinajstić information content (AvgIpc) is 3.21. The van der Waals surface area contributed by atoms with E-state index in [4.69, 9.17) is 4.74 Å². The highest BCUT2D eigenvalue weighted by Crippen LogP contribution is 2.22. The molecule has 0 bridgehead atoms. The van der Waals surface area contributed by atoms with Crippen LogP contribution in [0, 0.1) is 12.7 Å². The van der Waals surface area contributed by atoms with Gasteiger partial charge in [0.2, 0.25) is 0 Å². The van der Waals surface area contributed by atoms with Crippen molar-refractivity contribution in [1.29, 1.82) is 0 Å². The van der Waals surface area contributed by atoms with Crippen LogP contribution < -0.4 is 10.6 Å². The number of hydrogen-bond acceptors (Lipinski definition) is 4. The summed E-state index contributed by atoms with van der Waals surface area (Å²) in [6.07, 6.45) is 4.43. The first kappa shape index (κ1) is 16.9. The SMILES string of the molecule is Cc1ccc(Cc2cnc(NC(=O)NCC3CCCO3)s2)cc1F. The molecule has 0 spiro atoms. The Morgan fingerprint density at radius 1 is 1.50 bits per heavy atom. The van der Waals surface area contributed by atoms with Crippen molar-refractivity contribution in [3.63, 3.8) is 0 Å². The molecule has 1 unspecified atom stereocenters. The zero-order valence-corrected chi connectivity index (χ0v) is 14.3. The molecule has 128 valence electrons. The molecule has 1 atom stereocenters. The fourth-order valence-electron chi connectivity index (χ4n) is 2.55. The minimum absolute atomic E-state index is 0.110. The van der Waals surface area contributed by atoms with Gasteiger partial charge in [0.25, 0.3) is 0 Å². The fourth-order valence-corrected chi connectivity index (χ4v) is 3.39. The summed E-state index contributed by atoms with van der Waals surface area (Å²) >= 11 is 1.39. The lowest BCUT2D eigenvalue weighted by atomic mass is 10.1. The van der Waals surface area contributed by atoms with Crippen LogP contribution in [0.3, 0.4) is 0 Å². The number of urea groups is 1. The third kappa shape index (κ3) is 4.52. The maximum atomic E-state index is 13.6. The molecule has 0 saturated carbocycles. The Labute approximate surface area is 144 Å². The Bertz CT molecular complexity index is 714. The van der Waals surface area contributed by atoms with Crippen molar-refractivity contribution in [2.24, 2.45) is 0 Å². The molecule has 1 aromatic heterocycles. The lowest BCUT2D eigenvalue weighted by Crippen LogP contribution is -2.34. The number of nitrogens with zero attached hydrogens (tertiary/aromatic N) is 1. The van der Waals surface area contributed by atoms with Gasteiger partial charge in [-0.3, -0.25) is 5.32 Å². The number of carbonyl (C=O) groups excluding carboxylic acids is 1. The number of anilines is 1. The zero-order valence-electron chi connectivity index (χ0n) is 13.5. The van der Waals surface area contributed by atoms with Gasteiger partial charge < -0.3 is 10.1 Å². The smallest absolute Gasteiger partial charge is 0.321 e. The third-order valence-corrected chi connectivity index (χ3v) is 4.82. The maximum absolute atomic E-state index is 13.6. The van der Waals surface area contributed by atoms with Crippen molar-refractivity contribution < 1.29 is 13.9 Å². The Balaban J connectivity index is 1.51. The van der Waals surface area contributed by atoms with Crippen molar-refractivity contribution in [1.82, 2.24) is 10.3 Å². The fraction of sp³-hybridized carbons (Fsp3) is 0.412. The largest absolute Gasteiger partial charge is 0.376 e. The van der Waals surface area contributed by atoms with Gasteiger partial charge in [-0.1, -0.05) is 12.1 Å². The van der Waals surface area contributed by atoms with Gasteiger partial charge >= 0.3 is 6.03 Å². The molecule has 2 aromatic rings. The first-order valence-electron chi connectivity index (χ1n) is 7.96. The molecule has 1 aliphatic rings. The van der Waals surface area contributed by atoms with Crippen LogP contribution in [-0.2, 0) is 11.2 Å². The Hall–Kier alpha value is -1.99. The molecule has 7 heteroatoms.